The van der Waals surface area contributed by atoms with E-state index in [4.69, 9.17) is 4.84 Å². The smallest absolute Gasteiger partial charge is 0.249 e. The quantitative estimate of drug-likeness (QED) is 0.622. The highest BCUT2D eigenvalue weighted by atomic mass is 16.7. The Balaban J connectivity index is 2.02. The van der Waals surface area contributed by atoms with Gasteiger partial charge >= 0.3 is 0 Å². The lowest BCUT2D eigenvalue weighted by Gasteiger charge is -2.31. The van der Waals surface area contributed by atoms with Gasteiger partial charge in [0.1, 0.15) is 18.4 Å². The van der Waals surface area contributed by atoms with Crippen LogP contribution in [0.4, 0.5) is 0 Å². The average Bonchev–Trinajstić information content (AvgIpc) is 2.45. The summed E-state index contributed by atoms with van der Waals surface area (Å²) in [4.78, 5) is 27.4. The second-order valence-corrected chi connectivity index (χ2v) is 4.13. The largest absolute Gasteiger partial charge is 0.301 e. The van der Waals surface area contributed by atoms with Crippen LogP contribution in [0.2, 0.25) is 0 Å². The van der Waals surface area contributed by atoms with E-state index >= 15 is 0 Å². The summed E-state index contributed by atoms with van der Waals surface area (Å²) in [5, 5.41) is 1.22. The van der Waals surface area contributed by atoms with Crippen molar-refractivity contribution in [1.82, 2.24) is 5.06 Å². The van der Waals surface area contributed by atoms with E-state index in [2.05, 4.69) is 0 Å². The van der Waals surface area contributed by atoms with Gasteiger partial charge in [0.2, 0.25) is 5.91 Å². The van der Waals surface area contributed by atoms with E-state index in [1.807, 2.05) is 0 Å². The maximum Gasteiger partial charge on any atom is 0.249 e. The number of nitrogens with zero attached hydrogens (tertiary/aromatic N) is 1. The van der Waals surface area contributed by atoms with Gasteiger partial charge in [-0.15, -0.1) is 0 Å². The lowest BCUT2D eigenvalue weighted by Crippen LogP contribution is -2.33. The van der Waals surface area contributed by atoms with Crippen LogP contribution >= 0.6 is 0 Å². The predicted molar refractivity (Wildman–Crippen MR) is 49.3 cm³/mol. The molecule has 0 bridgehead atoms. The van der Waals surface area contributed by atoms with Gasteiger partial charge in [-0.25, -0.2) is 5.06 Å². The number of rotatable bonds is 2. The Labute approximate surface area is 83.2 Å². The zero-order valence-electron chi connectivity index (χ0n) is 8.20. The van der Waals surface area contributed by atoms with E-state index in [9.17, 15) is 9.59 Å². The fourth-order valence-electron chi connectivity index (χ4n) is 2.35. The van der Waals surface area contributed by atoms with Crippen LogP contribution in [-0.2, 0) is 14.4 Å². The van der Waals surface area contributed by atoms with E-state index in [1.54, 1.807) is 0 Å². The molecular weight excluding hydrogens is 182 g/mol. The van der Waals surface area contributed by atoms with Gasteiger partial charge in [-0.1, -0.05) is 19.3 Å². The molecule has 0 aromatic rings. The lowest BCUT2D eigenvalue weighted by molar-refractivity contribution is -0.204. The van der Waals surface area contributed by atoms with Gasteiger partial charge in [-0.2, -0.15) is 0 Å². The molecule has 0 unspecified atom stereocenters. The minimum absolute atomic E-state index is 0.0426. The standard InChI is InChI=1S/C10H15NO3/c12-7-6-11-9(13)8-10(14-11)4-2-1-3-5-10/h7H,1-6,8H2. The molecule has 4 heteroatoms. The second kappa shape index (κ2) is 3.69. The molecule has 78 valence electrons. The molecule has 0 aromatic carbocycles. The molecule has 4 nitrogen and oxygen atoms in total. The Morgan fingerprint density at radius 3 is 2.71 bits per heavy atom. The molecule has 0 aromatic heterocycles. The topological polar surface area (TPSA) is 46.6 Å². The molecule has 1 spiro atoms. The first kappa shape index (κ1) is 9.65. The van der Waals surface area contributed by atoms with E-state index in [0.29, 0.717) is 12.7 Å². The minimum Gasteiger partial charge on any atom is -0.301 e. The Morgan fingerprint density at radius 2 is 2.07 bits per heavy atom. The summed E-state index contributed by atoms with van der Waals surface area (Å²) in [5.74, 6) is -0.0426. The van der Waals surface area contributed by atoms with Crippen molar-refractivity contribution >= 4 is 12.2 Å². The molecule has 2 fully saturated rings. The monoisotopic (exact) mass is 197 g/mol. The van der Waals surface area contributed by atoms with Gasteiger partial charge in [0.25, 0.3) is 0 Å². The number of carbonyl (C=O) groups excluding carboxylic acids is 2. The molecule has 1 heterocycles. The SMILES string of the molecule is O=CCN1OC2(CCCCC2)CC1=O. The molecule has 1 aliphatic carbocycles. The average molecular weight is 197 g/mol. The van der Waals surface area contributed by atoms with Crippen LogP contribution in [0.15, 0.2) is 0 Å². The first-order valence-corrected chi connectivity index (χ1v) is 5.19. The Bertz CT molecular complexity index is 246. The van der Waals surface area contributed by atoms with Crippen LogP contribution < -0.4 is 0 Å². The van der Waals surface area contributed by atoms with Crippen LogP contribution in [0, 0.1) is 0 Å². The van der Waals surface area contributed by atoms with Crippen LogP contribution in [0.3, 0.4) is 0 Å². The summed E-state index contributed by atoms with van der Waals surface area (Å²) < 4.78 is 0. The van der Waals surface area contributed by atoms with Crippen LogP contribution in [0.1, 0.15) is 38.5 Å². The van der Waals surface area contributed by atoms with E-state index in [-0.39, 0.29) is 18.1 Å². The van der Waals surface area contributed by atoms with Gasteiger partial charge in [0.05, 0.1) is 6.42 Å². The normalized spacial score (nSPS) is 25.7. The third-order valence-corrected chi connectivity index (χ3v) is 3.06. The molecule has 0 radical (unpaired) electrons. The van der Waals surface area contributed by atoms with Crippen LogP contribution in [-0.4, -0.2) is 29.4 Å². The molecule has 0 N–H and O–H groups in total. The summed E-state index contributed by atoms with van der Waals surface area (Å²) in [6.07, 6.45) is 6.56. The van der Waals surface area contributed by atoms with E-state index < -0.39 is 0 Å². The molecule has 1 aliphatic heterocycles. The van der Waals surface area contributed by atoms with Crippen molar-refractivity contribution in [2.75, 3.05) is 6.54 Å². The third kappa shape index (κ3) is 1.66. The second-order valence-electron chi connectivity index (χ2n) is 4.13. The number of hydroxylamine groups is 2. The highest BCUT2D eigenvalue weighted by molar-refractivity contribution is 5.80. The van der Waals surface area contributed by atoms with Gasteiger partial charge in [-0.05, 0) is 12.8 Å². The molecule has 2 aliphatic rings. The molecule has 1 saturated heterocycles. The van der Waals surface area contributed by atoms with Crippen molar-refractivity contribution in [3.8, 4) is 0 Å². The van der Waals surface area contributed by atoms with Crippen molar-refractivity contribution in [3.05, 3.63) is 0 Å². The van der Waals surface area contributed by atoms with Gasteiger partial charge in [-0.3, -0.25) is 9.63 Å². The zero-order chi connectivity index (χ0) is 10.0. The molecule has 0 atom stereocenters. The summed E-state index contributed by atoms with van der Waals surface area (Å²) in [7, 11) is 0. The molecule has 2 rings (SSSR count). The maximum absolute atomic E-state index is 11.5. The number of carbonyl (C=O) groups is 2. The zero-order valence-corrected chi connectivity index (χ0v) is 8.20. The highest BCUT2D eigenvalue weighted by Crippen LogP contribution is 2.39. The predicted octanol–water partition coefficient (Wildman–Crippen LogP) is 1.05. The molecule has 1 amide bonds. The fraction of sp³-hybridized carbons (Fsp3) is 0.800. The first-order chi connectivity index (χ1) is 6.76. The third-order valence-electron chi connectivity index (χ3n) is 3.06. The minimum atomic E-state index is -0.266. The number of hydrogen-bond acceptors (Lipinski definition) is 3. The number of hydrogen-bond donors (Lipinski definition) is 0. The van der Waals surface area contributed by atoms with E-state index in [0.717, 1.165) is 25.7 Å². The fourth-order valence-corrected chi connectivity index (χ4v) is 2.35. The van der Waals surface area contributed by atoms with E-state index in [1.165, 1.54) is 11.5 Å². The van der Waals surface area contributed by atoms with Crippen molar-refractivity contribution < 1.29 is 14.4 Å². The van der Waals surface area contributed by atoms with Gasteiger partial charge < -0.3 is 4.79 Å². The van der Waals surface area contributed by atoms with Crippen molar-refractivity contribution in [1.29, 1.82) is 0 Å². The maximum atomic E-state index is 11.5. The lowest BCUT2D eigenvalue weighted by atomic mass is 9.83. The Morgan fingerprint density at radius 1 is 1.36 bits per heavy atom. The summed E-state index contributed by atoms with van der Waals surface area (Å²) in [5.41, 5.74) is -0.266. The van der Waals surface area contributed by atoms with Crippen LogP contribution in [0.25, 0.3) is 0 Å². The van der Waals surface area contributed by atoms with Gasteiger partial charge in [0, 0.05) is 0 Å². The van der Waals surface area contributed by atoms with Crippen molar-refractivity contribution in [2.45, 2.75) is 44.1 Å². The first-order valence-electron chi connectivity index (χ1n) is 5.19. The summed E-state index contributed by atoms with van der Waals surface area (Å²) in [6.45, 7) is 0.0700. The molecular formula is C10H15NO3. The van der Waals surface area contributed by atoms with Crippen molar-refractivity contribution in [3.63, 3.8) is 0 Å². The molecule has 14 heavy (non-hydrogen) atoms. The van der Waals surface area contributed by atoms with Crippen molar-refractivity contribution in [2.24, 2.45) is 0 Å². The van der Waals surface area contributed by atoms with Gasteiger partial charge in [0.15, 0.2) is 0 Å². The number of aldehydes is 1. The Hall–Kier alpha value is -0.900. The number of amides is 1. The highest BCUT2D eigenvalue weighted by Gasteiger charge is 2.45. The summed E-state index contributed by atoms with van der Waals surface area (Å²) in [6, 6.07) is 0. The Kier molecular flexibility index (Phi) is 2.54. The summed E-state index contributed by atoms with van der Waals surface area (Å²) >= 11 is 0. The van der Waals surface area contributed by atoms with Crippen LogP contribution in [0.5, 0.6) is 0 Å². The molecule has 1 saturated carbocycles.